The average molecular weight is 713 g/mol. The van der Waals surface area contributed by atoms with Crippen molar-refractivity contribution in [2.75, 3.05) is 47.5 Å². The van der Waals surface area contributed by atoms with Crippen molar-refractivity contribution >= 4 is 19.8 Å². The maximum absolute atomic E-state index is 12.6. The van der Waals surface area contributed by atoms with Crippen molar-refractivity contribution in [2.45, 2.75) is 142 Å². The zero-order valence-corrected chi connectivity index (χ0v) is 32.6. The lowest BCUT2D eigenvalue weighted by Gasteiger charge is -2.24. The van der Waals surface area contributed by atoms with Crippen LogP contribution in [0.15, 0.2) is 48.6 Å². The fourth-order valence-electron chi connectivity index (χ4n) is 4.65. The molecule has 0 aliphatic rings. The second-order valence-corrected chi connectivity index (χ2v) is 15.0. The lowest BCUT2D eigenvalue weighted by atomic mass is 10.1. The molecule has 0 spiro atoms. The van der Waals surface area contributed by atoms with Gasteiger partial charge >= 0.3 is 19.8 Å². The van der Waals surface area contributed by atoms with E-state index in [1.54, 1.807) is 0 Å². The topological polar surface area (TPSA) is 108 Å². The van der Waals surface area contributed by atoms with Gasteiger partial charge in [0.2, 0.25) is 0 Å². The SMILES string of the molecule is CC/C=C\C/C=C\C/C=C\C/C=C\CCCCC(=O)O[C@H](COC(=O)CCCCCCCCCCCC)COP(=O)(O)OCC[N+](C)(C)C. The van der Waals surface area contributed by atoms with E-state index in [2.05, 4.69) is 62.5 Å². The number of hydrogen-bond acceptors (Lipinski definition) is 7. The number of unbranched alkanes of at least 4 members (excludes halogenated alkanes) is 11. The van der Waals surface area contributed by atoms with Crippen LogP contribution in [0.3, 0.4) is 0 Å². The molecule has 0 aliphatic heterocycles. The second kappa shape index (κ2) is 31.9. The van der Waals surface area contributed by atoms with E-state index in [0.29, 0.717) is 17.4 Å². The smallest absolute Gasteiger partial charge is 0.462 e. The van der Waals surface area contributed by atoms with Gasteiger partial charge in [-0.1, -0.05) is 120 Å². The maximum Gasteiger partial charge on any atom is 0.472 e. The van der Waals surface area contributed by atoms with E-state index in [4.69, 9.17) is 18.5 Å². The molecular formula is C39H71NO8P+. The monoisotopic (exact) mass is 712 g/mol. The highest BCUT2D eigenvalue weighted by molar-refractivity contribution is 7.47. The summed E-state index contributed by atoms with van der Waals surface area (Å²) in [6, 6.07) is 0. The number of carbonyl (C=O) groups excluding carboxylic acids is 2. The van der Waals surface area contributed by atoms with Gasteiger partial charge in [-0.2, -0.15) is 0 Å². The molecule has 0 bridgehead atoms. The molecule has 0 aliphatic carbocycles. The van der Waals surface area contributed by atoms with Crippen molar-refractivity contribution in [3.8, 4) is 0 Å². The molecule has 9 nitrogen and oxygen atoms in total. The van der Waals surface area contributed by atoms with Crippen LogP contribution in [-0.4, -0.2) is 74.9 Å². The number of phosphoric acid groups is 1. The van der Waals surface area contributed by atoms with Crippen LogP contribution < -0.4 is 0 Å². The molecule has 0 aromatic heterocycles. The minimum Gasteiger partial charge on any atom is -0.462 e. The zero-order valence-electron chi connectivity index (χ0n) is 31.7. The summed E-state index contributed by atoms with van der Waals surface area (Å²) in [4.78, 5) is 35.1. The Kier molecular flexibility index (Phi) is 30.6. The van der Waals surface area contributed by atoms with Gasteiger partial charge in [-0.3, -0.25) is 18.6 Å². The Morgan fingerprint density at radius 3 is 1.73 bits per heavy atom. The summed E-state index contributed by atoms with van der Waals surface area (Å²) in [5.74, 6) is -0.854. The molecule has 0 fully saturated rings. The lowest BCUT2D eigenvalue weighted by Crippen LogP contribution is -2.37. The van der Waals surface area contributed by atoms with E-state index in [9.17, 15) is 19.0 Å². The first-order valence-corrected chi connectivity index (χ1v) is 20.4. The van der Waals surface area contributed by atoms with Crippen molar-refractivity contribution in [1.29, 1.82) is 0 Å². The number of ether oxygens (including phenoxy) is 2. The van der Waals surface area contributed by atoms with Gasteiger partial charge in [0.25, 0.3) is 0 Å². The van der Waals surface area contributed by atoms with Crippen LogP contribution in [0.25, 0.3) is 0 Å². The highest BCUT2D eigenvalue weighted by atomic mass is 31.2. The Morgan fingerprint density at radius 2 is 1.16 bits per heavy atom. The van der Waals surface area contributed by atoms with Gasteiger partial charge in [-0.15, -0.1) is 0 Å². The van der Waals surface area contributed by atoms with Crippen LogP contribution in [0.1, 0.15) is 136 Å². The summed E-state index contributed by atoms with van der Waals surface area (Å²) in [6.07, 6.45) is 34.5. The number of esters is 2. The van der Waals surface area contributed by atoms with Crippen molar-refractivity contribution in [2.24, 2.45) is 0 Å². The van der Waals surface area contributed by atoms with E-state index < -0.39 is 26.5 Å². The minimum absolute atomic E-state index is 0.0227. The molecule has 49 heavy (non-hydrogen) atoms. The van der Waals surface area contributed by atoms with Crippen LogP contribution in [0.5, 0.6) is 0 Å². The molecule has 0 aromatic carbocycles. The fraction of sp³-hybridized carbons (Fsp3) is 0.744. The Hall–Kier alpha value is -2.03. The second-order valence-electron chi connectivity index (χ2n) is 13.6. The molecule has 0 aromatic rings. The van der Waals surface area contributed by atoms with Crippen LogP contribution in [0.2, 0.25) is 0 Å². The molecule has 0 heterocycles. The van der Waals surface area contributed by atoms with E-state index in [1.165, 1.54) is 44.9 Å². The van der Waals surface area contributed by atoms with Gasteiger partial charge in [0.1, 0.15) is 19.8 Å². The molecule has 0 saturated heterocycles. The molecular weight excluding hydrogens is 641 g/mol. The van der Waals surface area contributed by atoms with Crippen molar-refractivity contribution < 1.29 is 42.1 Å². The Labute approximate surface area is 299 Å². The van der Waals surface area contributed by atoms with Gasteiger partial charge in [-0.05, 0) is 51.4 Å². The third-order valence-corrected chi connectivity index (χ3v) is 8.61. The Morgan fingerprint density at radius 1 is 0.653 bits per heavy atom. The van der Waals surface area contributed by atoms with Gasteiger partial charge in [0.15, 0.2) is 6.10 Å². The summed E-state index contributed by atoms with van der Waals surface area (Å²) >= 11 is 0. The molecule has 0 saturated carbocycles. The highest BCUT2D eigenvalue weighted by Gasteiger charge is 2.27. The van der Waals surface area contributed by atoms with Crippen LogP contribution >= 0.6 is 7.82 Å². The molecule has 10 heteroatoms. The van der Waals surface area contributed by atoms with E-state index in [-0.39, 0.29) is 32.0 Å². The van der Waals surface area contributed by atoms with Gasteiger partial charge in [0, 0.05) is 12.8 Å². The third-order valence-electron chi connectivity index (χ3n) is 7.62. The van der Waals surface area contributed by atoms with Gasteiger partial charge < -0.3 is 18.9 Å². The first kappa shape index (κ1) is 47.0. The van der Waals surface area contributed by atoms with Gasteiger partial charge in [-0.25, -0.2) is 4.57 Å². The molecule has 1 N–H and O–H groups in total. The lowest BCUT2D eigenvalue weighted by molar-refractivity contribution is -0.870. The molecule has 0 radical (unpaired) electrons. The van der Waals surface area contributed by atoms with Gasteiger partial charge in [0.05, 0.1) is 27.7 Å². The molecule has 0 amide bonds. The summed E-state index contributed by atoms with van der Waals surface area (Å²) in [5.41, 5.74) is 0. The molecule has 0 rings (SSSR count). The summed E-state index contributed by atoms with van der Waals surface area (Å²) in [6.45, 7) is 4.21. The number of quaternary nitrogens is 1. The quantitative estimate of drug-likeness (QED) is 0.0236. The van der Waals surface area contributed by atoms with Crippen LogP contribution in [-0.2, 0) is 32.7 Å². The number of phosphoric ester groups is 1. The summed E-state index contributed by atoms with van der Waals surface area (Å²) in [7, 11) is 1.44. The standard InChI is InChI=1S/C39H70NO8P/c1-6-8-10-12-14-16-18-19-20-21-22-24-26-28-30-32-39(42)48-37(36-47-49(43,44)46-34-33-40(3,4)5)35-45-38(41)31-29-27-25-23-17-15-13-11-9-7-2/h8,10,14,16,19-20,22,24,37H,6-7,9,11-13,15,17-18,21,23,25-36H2,1-5H3/p+1/b10-8-,16-14-,20-19-,24-22-/t37-/m1/s1. The maximum atomic E-state index is 12.6. The largest absolute Gasteiger partial charge is 0.472 e. The molecule has 1 unspecified atom stereocenters. The number of rotatable bonds is 33. The number of nitrogens with zero attached hydrogens (tertiary/aromatic N) is 1. The van der Waals surface area contributed by atoms with Crippen LogP contribution in [0, 0.1) is 0 Å². The molecule has 284 valence electrons. The Balaban J connectivity index is 4.54. The normalized spacial score (nSPS) is 14.3. The number of carbonyl (C=O) groups is 2. The van der Waals surface area contributed by atoms with Crippen LogP contribution in [0.4, 0.5) is 0 Å². The van der Waals surface area contributed by atoms with Crippen molar-refractivity contribution in [3.63, 3.8) is 0 Å². The first-order chi connectivity index (χ1) is 23.5. The van der Waals surface area contributed by atoms with Crippen molar-refractivity contribution in [3.05, 3.63) is 48.6 Å². The minimum atomic E-state index is -4.38. The van der Waals surface area contributed by atoms with E-state index in [1.807, 2.05) is 21.1 Å². The predicted octanol–water partition coefficient (Wildman–Crippen LogP) is 9.96. The first-order valence-electron chi connectivity index (χ1n) is 18.9. The van der Waals surface area contributed by atoms with Crippen molar-refractivity contribution in [1.82, 2.24) is 0 Å². The number of hydrogen-bond donors (Lipinski definition) is 1. The molecule has 2 atom stereocenters. The Bertz CT molecular complexity index is 986. The van der Waals surface area contributed by atoms with E-state index in [0.717, 1.165) is 57.8 Å². The highest BCUT2D eigenvalue weighted by Crippen LogP contribution is 2.43. The summed E-state index contributed by atoms with van der Waals surface area (Å²) < 4.78 is 34.1. The zero-order chi connectivity index (χ0) is 36.5. The number of allylic oxidation sites excluding steroid dienone is 8. The predicted molar refractivity (Wildman–Crippen MR) is 201 cm³/mol. The number of likely N-dealkylation sites (N-methyl/N-ethyl adjacent to an activating group) is 1. The van der Waals surface area contributed by atoms with E-state index >= 15 is 0 Å². The third kappa shape index (κ3) is 35.6. The fourth-order valence-corrected chi connectivity index (χ4v) is 5.39. The average Bonchev–Trinajstić information content (AvgIpc) is 3.04. The summed E-state index contributed by atoms with van der Waals surface area (Å²) in [5, 5.41) is 0.